The van der Waals surface area contributed by atoms with Crippen molar-refractivity contribution in [1.82, 2.24) is 4.72 Å². The second-order valence-electron chi connectivity index (χ2n) is 6.17. The molecular formula is C20H21NO4S3. The fraction of sp³-hybridized carbons (Fsp3) is 0.250. The molecule has 0 saturated heterocycles. The number of rotatable bonds is 9. The zero-order valence-corrected chi connectivity index (χ0v) is 18.0. The van der Waals surface area contributed by atoms with Gasteiger partial charge in [-0.05, 0) is 60.7 Å². The van der Waals surface area contributed by atoms with Crippen molar-refractivity contribution >= 4 is 38.5 Å². The molecule has 0 aliphatic heterocycles. The minimum atomic E-state index is -3.65. The van der Waals surface area contributed by atoms with Gasteiger partial charge in [0.15, 0.2) is 0 Å². The van der Waals surface area contributed by atoms with Crippen molar-refractivity contribution < 1.29 is 17.9 Å². The van der Waals surface area contributed by atoms with Crippen LogP contribution in [0.4, 0.5) is 0 Å². The van der Waals surface area contributed by atoms with Crippen molar-refractivity contribution in [2.75, 3.05) is 6.61 Å². The number of thiophene rings is 2. The summed E-state index contributed by atoms with van der Waals surface area (Å²) < 4.78 is 33.4. The summed E-state index contributed by atoms with van der Waals surface area (Å²) >= 11 is 2.69. The second-order valence-corrected chi connectivity index (χ2v) is 10.1. The summed E-state index contributed by atoms with van der Waals surface area (Å²) in [5.41, 5.74) is 0.774. The zero-order valence-electron chi connectivity index (χ0n) is 15.6. The number of hydrogen-bond acceptors (Lipinski definition) is 6. The average Bonchev–Trinajstić information content (AvgIpc) is 3.37. The summed E-state index contributed by atoms with van der Waals surface area (Å²) in [7, 11) is -3.65. The van der Waals surface area contributed by atoms with Crippen LogP contribution in [-0.2, 0) is 16.6 Å². The molecule has 0 radical (unpaired) electrons. The van der Waals surface area contributed by atoms with E-state index in [2.05, 4.69) is 4.72 Å². The van der Waals surface area contributed by atoms with Gasteiger partial charge in [0.1, 0.15) is 5.75 Å². The van der Waals surface area contributed by atoms with Gasteiger partial charge in [-0.1, -0.05) is 13.0 Å². The van der Waals surface area contributed by atoms with Gasteiger partial charge in [0.05, 0.1) is 21.3 Å². The number of nitrogens with one attached hydrogen (secondary N) is 1. The highest BCUT2D eigenvalue weighted by atomic mass is 32.2. The van der Waals surface area contributed by atoms with E-state index in [1.807, 2.05) is 25.3 Å². The fourth-order valence-electron chi connectivity index (χ4n) is 2.54. The number of benzene rings is 1. The van der Waals surface area contributed by atoms with Crippen molar-refractivity contribution in [2.45, 2.75) is 31.7 Å². The number of ketones is 1. The smallest absolute Gasteiger partial charge is 0.240 e. The Hall–Kier alpha value is -2.00. The normalized spacial score (nSPS) is 11.5. The van der Waals surface area contributed by atoms with Gasteiger partial charge in [-0.15, -0.1) is 22.7 Å². The number of sulfonamides is 1. The number of carbonyl (C=O) groups is 1. The first-order chi connectivity index (χ1) is 13.4. The van der Waals surface area contributed by atoms with Crippen molar-refractivity contribution in [1.29, 1.82) is 0 Å². The van der Waals surface area contributed by atoms with E-state index in [1.54, 1.807) is 36.4 Å². The molecule has 0 spiro atoms. The van der Waals surface area contributed by atoms with E-state index in [0.717, 1.165) is 16.9 Å². The van der Waals surface area contributed by atoms with Crippen LogP contribution in [0.3, 0.4) is 0 Å². The molecule has 0 bridgehead atoms. The largest absolute Gasteiger partial charge is 0.493 e. The molecule has 0 unspecified atom stereocenters. The average molecular weight is 436 g/mol. The molecule has 148 valence electrons. The molecule has 2 aromatic heterocycles. The Morgan fingerprint density at radius 1 is 1.14 bits per heavy atom. The molecule has 8 heteroatoms. The maximum Gasteiger partial charge on any atom is 0.240 e. The Morgan fingerprint density at radius 3 is 2.64 bits per heavy atom. The molecule has 0 aliphatic carbocycles. The van der Waals surface area contributed by atoms with Gasteiger partial charge in [0.2, 0.25) is 15.8 Å². The van der Waals surface area contributed by atoms with Gasteiger partial charge in [0.25, 0.3) is 0 Å². The second kappa shape index (κ2) is 9.00. The first-order valence-corrected chi connectivity index (χ1v) is 12.0. The summed E-state index contributed by atoms with van der Waals surface area (Å²) in [6.45, 7) is 4.57. The van der Waals surface area contributed by atoms with Crippen LogP contribution in [0.5, 0.6) is 5.75 Å². The Morgan fingerprint density at radius 2 is 1.96 bits per heavy atom. The maximum atomic E-state index is 12.6. The third-order valence-corrected chi connectivity index (χ3v) is 7.34. The minimum absolute atomic E-state index is 0.0348. The van der Waals surface area contributed by atoms with E-state index >= 15 is 0 Å². The van der Waals surface area contributed by atoms with Crippen molar-refractivity contribution in [3.05, 3.63) is 68.0 Å². The van der Waals surface area contributed by atoms with E-state index in [1.165, 1.54) is 22.7 Å². The molecule has 3 aromatic rings. The first-order valence-electron chi connectivity index (χ1n) is 8.80. The lowest BCUT2D eigenvalue weighted by molar-refractivity contribution is 0.104. The molecule has 1 N–H and O–H groups in total. The van der Waals surface area contributed by atoms with Crippen LogP contribution >= 0.6 is 22.7 Å². The number of hydrogen-bond donors (Lipinski definition) is 1. The molecule has 0 saturated carbocycles. The van der Waals surface area contributed by atoms with Crippen molar-refractivity contribution in [3.8, 4) is 5.75 Å². The van der Waals surface area contributed by atoms with E-state index in [0.29, 0.717) is 22.1 Å². The van der Waals surface area contributed by atoms with Gasteiger partial charge in [0, 0.05) is 11.4 Å². The van der Waals surface area contributed by atoms with E-state index in [9.17, 15) is 13.2 Å². The quantitative estimate of drug-likeness (QED) is 0.498. The van der Waals surface area contributed by atoms with E-state index in [-0.39, 0.29) is 17.2 Å². The van der Waals surface area contributed by atoms with Gasteiger partial charge >= 0.3 is 0 Å². The highest BCUT2D eigenvalue weighted by Gasteiger charge is 2.17. The molecule has 0 atom stereocenters. The molecule has 5 nitrogen and oxygen atoms in total. The van der Waals surface area contributed by atoms with Crippen molar-refractivity contribution in [2.24, 2.45) is 0 Å². The molecule has 3 rings (SSSR count). The van der Waals surface area contributed by atoms with Crippen LogP contribution in [0.15, 0.2) is 52.7 Å². The molecule has 0 aliphatic rings. The summed E-state index contributed by atoms with van der Waals surface area (Å²) in [4.78, 5) is 14.6. The van der Waals surface area contributed by atoms with Crippen molar-refractivity contribution in [3.63, 3.8) is 0 Å². The van der Waals surface area contributed by atoms with Crippen LogP contribution in [-0.4, -0.2) is 20.8 Å². The SMILES string of the molecule is CCCOc1ccc(S(=O)(=O)NCc2ccc(C(=O)c3cccs3)s2)cc1C. The summed E-state index contributed by atoms with van der Waals surface area (Å²) in [6, 6.07) is 12.0. The van der Waals surface area contributed by atoms with E-state index < -0.39 is 10.0 Å². The van der Waals surface area contributed by atoms with Gasteiger partial charge in [-0.25, -0.2) is 13.1 Å². The Kier molecular flexibility index (Phi) is 6.66. The molecule has 28 heavy (non-hydrogen) atoms. The summed E-state index contributed by atoms with van der Waals surface area (Å²) in [5, 5.41) is 1.86. The maximum absolute atomic E-state index is 12.6. The molecule has 2 heterocycles. The number of carbonyl (C=O) groups excluding carboxylic acids is 1. The van der Waals surface area contributed by atoms with Crippen LogP contribution in [0.1, 0.15) is 38.3 Å². The summed E-state index contributed by atoms with van der Waals surface area (Å²) in [5.74, 6) is 0.656. The lowest BCUT2D eigenvalue weighted by atomic mass is 10.2. The Labute approximate surface area is 173 Å². The van der Waals surface area contributed by atoms with Crippen LogP contribution in [0.25, 0.3) is 0 Å². The predicted octanol–water partition coefficient (Wildman–Crippen LogP) is 4.62. The van der Waals surface area contributed by atoms with E-state index in [4.69, 9.17) is 4.74 Å². The monoisotopic (exact) mass is 435 g/mol. The number of aryl methyl sites for hydroxylation is 1. The third kappa shape index (κ3) is 4.88. The molecule has 0 amide bonds. The lowest BCUT2D eigenvalue weighted by Crippen LogP contribution is -2.22. The Bertz CT molecular complexity index is 1050. The topological polar surface area (TPSA) is 72.5 Å². The molecule has 1 aromatic carbocycles. The number of ether oxygens (including phenoxy) is 1. The zero-order chi connectivity index (χ0) is 20.1. The third-order valence-electron chi connectivity index (χ3n) is 3.99. The molecule has 0 fully saturated rings. The summed E-state index contributed by atoms with van der Waals surface area (Å²) in [6.07, 6.45) is 0.888. The standard InChI is InChI=1S/C20H21NO4S3/c1-3-10-25-17-8-7-16(12-14(17)2)28(23,24)21-13-15-6-9-19(27-15)20(22)18-5-4-11-26-18/h4-9,11-12,21H,3,10,13H2,1-2H3. The molecular weight excluding hydrogens is 414 g/mol. The van der Waals surface area contributed by atoms with Gasteiger partial charge in [-0.3, -0.25) is 4.79 Å². The Balaban J connectivity index is 1.67. The highest BCUT2D eigenvalue weighted by Crippen LogP contribution is 2.24. The fourth-order valence-corrected chi connectivity index (χ4v) is 5.36. The van der Waals surface area contributed by atoms with Crippen LogP contribution in [0, 0.1) is 6.92 Å². The van der Waals surface area contributed by atoms with Crippen LogP contribution in [0.2, 0.25) is 0 Å². The highest BCUT2D eigenvalue weighted by molar-refractivity contribution is 7.89. The predicted molar refractivity (Wildman–Crippen MR) is 113 cm³/mol. The lowest BCUT2D eigenvalue weighted by Gasteiger charge is -2.11. The van der Waals surface area contributed by atoms with Gasteiger partial charge < -0.3 is 4.74 Å². The van der Waals surface area contributed by atoms with Crippen LogP contribution < -0.4 is 9.46 Å². The first kappa shape index (κ1) is 20.7. The minimum Gasteiger partial charge on any atom is -0.493 e. The van der Waals surface area contributed by atoms with Gasteiger partial charge in [-0.2, -0.15) is 0 Å².